The molecule has 2 amide bonds. The van der Waals surface area contributed by atoms with Crippen LogP contribution in [0.1, 0.15) is 11.1 Å². The fraction of sp³-hybridized carbons (Fsp3) is 0.429. The van der Waals surface area contributed by atoms with Crippen molar-refractivity contribution in [3.63, 3.8) is 0 Å². The quantitative estimate of drug-likeness (QED) is 0.671. The lowest BCUT2D eigenvalue weighted by Crippen LogP contribution is -3.16. The number of hydrogen-bond acceptors (Lipinski definition) is 2. The third-order valence-electron chi connectivity index (χ3n) is 3.50. The first-order valence-electron chi connectivity index (χ1n) is 6.52. The molecule has 1 aliphatic heterocycles. The summed E-state index contributed by atoms with van der Waals surface area (Å²) in [5, 5.41) is 5.68. The summed E-state index contributed by atoms with van der Waals surface area (Å²) in [4.78, 5) is 24.2. The Bertz CT molecular complexity index is 499. The second-order valence-corrected chi connectivity index (χ2v) is 5.00. The van der Waals surface area contributed by atoms with Gasteiger partial charge in [-0.15, -0.1) is 0 Å². The van der Waals surface area contributed by atoms with Gasteiger partial charge in [0, 0.05) is 5.69 Å². The smallest absolute Gasteiger partial charge is 0.279 e. The minimum atomic E-state index is -0.0431. The van der Waals surface area contributed by atoms with Crippen LogP contribution in [0.25, 0.3) is 0 Å². The standard InChI is InChI=1S/C14H19N3O2/c1-10-4-3-5-12(11(10)2)16-14(19)9-17-7-6-15-13(18)8-17/h3-5H,6-9H2,1-2H3,(H,15,18)(H,16,19)/p+1. The van der Waals surface area contributed by atoms with Crippen LogP contribution < -0.4 is 15.5 Å². The van der Waals surface area contributed by atoms with Crippen molar-refractivity contribution in [3.05, 3.63) is 29.3 Å². The van der Waals surface area contributed by atoms with E-state index in [1.807, 2.05) is 32.0 Å². The molecule has 19 heavy (non-hydrogen) atoms. The van der Waals surface area contributed by atoms with Crippen LogP contribution in [0.15, 0.2) is 18.2 Å². The van der Waals surface area contributed by atoms with E-state index in [0.717, 1.165) is 28.3 Å². The lowest BCUT2D eigenvalue weighted by molar-refractivity contribution is -0.885. The van der Waals surface area contributed by atoms with E-state index in [-0.39, 0.29) is 11.8 Å². The first kappa shape index (κ1) is 13.5. The number of anilines is 1. The zero-order valence-electron chi connectivity index (χ0n) is 11.4. The van der Waals surface area contributed by atoms with Gasteiger partial charge in [0.2, 0.25) is 0 Å². The third-order valence-corrected chi connectivity index (χ3v) is 3.50. The van der Waals surface area contributed by atoms with E-state index >= 15 is 0 Å². The minimum Gasteiger partial charge on any atom is -0.346 e. The highest BCUT2D eigenvalue weighted by Gasteiger charge is 2.22. The number of nitrogens with one attached hydrogen (secondary N) is 3. The van der Waals surface area contributed by atoms with Crippen molar-refractivity contribution in [2.24, 2.45) is 0 Å². The van der Waals surface area contributed by atoms with E-state index in [1.54, 1.807) is 0 Å². The number of piperazine rings is 1. The predicted octanol–water partition coefficient (Wildman–Crippen LogP) is -0.743. The van der Waals surface area contributed by atoms with Gasteiger partial charge in [-0.3, -0.25) is 9.59 Å². The van der Waals surface area contributed by atoms with Gasteiger partial charge >= 0.3 is 0 Å². The SMILES string of the molecule is Cc1cccc(NC(=O)C[NH+]2CCNC(=O)C2)c1C. The first-order valence-corrected chi connectivity index (χ1v) is 6.52. The maximum atomic E-state index is 12.0. The lowest BCUT2D eigenvalue weighted by Gasteiger charge is -2.23. The third kappa shape index (κ3) is 3.54. The van der Waals surface area contributed by atoms with Crippen LogP contribution in [-0.4, -0.2) is 38.0 Å². The van der Waals surface area contributed by atoms with Crippen molar-refractivity contribution in [1.82, 2.24) is 5.32 Å². The molecule has 0 bridgehead atoms. The van der Waals surface area contributed by atoms with Gasteiger partial charge in [-0.25, -0.2) is 0 Å². The van der Waals surface area contributed by atoms with Crippen molar-refractivity contribution in [2.75, 3.05) is 31.5 Å². The molecule has 1 aliphatic rings. The van der Waals surface area contributed by atoms with Gasteiger partial charge < -0.3 is 15.5 Å². The van der Waals surface area contributed by atoms with Crippen LogP contribution in [-0.2, 0) is 9.59 Å². The van der Waals surface area contributed by atoms with Crippen LogP contribution >= 0.6 is 0 Å². The van der Waals surface area contributed by atoms with Gasteiger partial charge in [0.05, 0.1) is 13.1 Å². The molecular formula is C14H20N3O2+. The van der Waals surface area contributed by atoms with Crippen molar-refractivity contribution in [2.45, 2.75) is 13.8 Å². The lowest BCUT2D eigenvalue weighted by atomic mass is 10.1. The highest BCUT2D eigenvalue weighted by atomic mass is 16.2. The summed E-state index contributed by atoms with van der Waals surface area (Å²) >= 11 is 0. The molecule has 0 spiro atoms. The summed E-state index contributed by atoms with van der Waals surface area (Å²) in [6.07, 6.45) is 0. The molecule has 2 rings (SSSR count). The average Bonchev–Trinajstić information content (AvgIpc) is 2.35. The van der Waals surface area contributed by atoms with Crippen LogP contribution in [0, 0.1) is 13.8 Å². The average molecular weight is 262 g/mol. The molecule has 5 nitrogen and oxygen atoms in total. The Balaban J connectivity index is 1.94. The summed E-state index contributed by atoms with van der Waals surface area (Å²) in [5.74, 6) is -0.0285. The zero-order chi connectivity index (χ0) is 13.8. The predicted molar refractivity (Wildman–Crippen MR) is 73.1 cm³/mol. The topological polar surface area (TPSA) is 62.6 Å². The fourth-order valence-corrected chi connectivity index (χ4v) is 2.22. The molecule has 0 radical (unpaired) electrons. The van der Waals surface area contributed by atoms with E-state index in [9.17, 15) is 9.59 Å². The zero-order valence-corrected chi connectivity index (χ0v) is 11.4. The number of carbonyl (C=O) groups is 2. The Morgan fingerprint density at radius 1 is 1.42 bits per heavy atom. The number of rotatable bonds is 3. The number of benzene rings is 1. The Hall–Kier alpha value is -1.88. The van der Waals surface area contributed by atoms with E-state index in [4.69, 9.17) is 0 Å². The molecule has 102 valence electrons. The number of amides is 2. The van der Waals surface area contributed by atoms with Crippen molar-refractivity contribution >= 4 is 17.5 Å². The molecule has 1 saturated heterocycles. The number of aryl methyl sites for hydroxylation is 1. The molecule has 1 fully saturated rings. The van der Waals surface area contributed by atoms with E-state index in [0.29, 0.717) is 19.6 Å². The molecule has 1 aromatic carbocycles. The monoisotopic (exact) mass is 262 g/mol. The van der Waals surface area contributed by atoms with Gasteiger partial charge in [-0.1, -0.05) is 12.1 Å². The van der Waals surface area contributed by atoms with Gasteiger partial charge in [0.1, 0.15) is 0 Å². The molecule has 0 saturated carbocycles. The minimum absolute atomic E-state index is 0.0146. The van der Waals surface area contributed by atoms with Gasteiger partial charge in [-0.2, -0.15) is 0 Å². The maximum Gasteiger partial charge on any atom is 0.279 e. The summed E-state index contributed by atoms with van der Waals surface area (Å²) in [5.41, 5.74) is 3.09. The summed E-state index contributed by atoms with van der Waals surface area (Å²) in [6.45, 7) is 6.16. The number of carbonyl (C=O) groups excluding carboxylic acids is 2. The second kappa shape index (κ2) is 5.84. The molecule has 1 heterocycles. The fourth-order valence-electron chi connectivity index (χ4n) is 2.22. The Morgan fingerprint density at radius 2 is 2.21 bits per heavy atom. The molecule has 0 aromatic heterocycles. The van der Waals surface area contributed by atoms with Crippen LogP contribution in [0.2, 0.25) is 0 Å². The molecule has 1 aromatic rings. The molecule has 3 N–H and O–H groups in total. The van der Waals surface area contributed by atoms with Crippen LogP contribution in [0.5, 0.6) is 0 Å². The van der Waals surface area contributed by atoms with Crippen LogP contribution in [0.3, 0.4) is 0 Å². The molecule has 1 atom stereocenters. The highest BCUT2D eigenvalue weighted by molar-refractivity contribution is 5.92. The summed E-state index contributed by atoms with van der Waals surface area (Å²) in [6, 6.07) is 5.85. The van der Waals surface area contributed by atoms with E-state index < -0.39 is 0 Å². The van der Waals surface area contributed by atoms with Crippen molar-refractivity contribution in [3.8, 4) is 0 Å². The number of quaternary nitrogens is 1. The van der Waals surface area contributed by atoms with E-state index in [1.165, 1.54) is 0 Å². The highest BCUT2D eigenvalue weighted by Crippen LogP contribution is 2.17. The molecular weight excluding hydrogens is 242 g/mol. The van der Waals surface area contributed by atoms with Crippen molar-refractivity contribution in [1.29, 1.82) is 0 Å². The Kier molecular flexibility index (Phi) is 4.16. The second-order valence-electron chi connectivity index (χ2n) is 5.00. The molecule has 0 aliphatic carbocycles. The largest absolute Gasteiger partial charge is 0.346 e. The van der Waals surface area contributed by atoms with E-state index in [2.05, 4.69) is 10.6 Å². The summed E-state index contributed by atoms with van der Waals surface area (Å²) < 4.78 is 0. The van der Waals surface area contributed by atoms with Gasteiger partial charge in [-0.05, 0) is 31.0 Å². The molecule has 5 heteroatoms. The first-order chi connectivity index (χ1) is 9.06. The Labute approximate surface area is 113 Å². The van der Waals surface area contributed by atoms with Gasteiger partial charge in [0.25, 0.3) is 11.8 Å². The summed E-state index contributed by atoms with van der Waals surface area (Å²) in [7, 11) is 0. The normalized spacial score (nSPS) is 18.8. The molecule has 1 unspecified atom stereocenters. The van der Waals surface area contributed by atoms with Crippen LogP contribution in [0.4, 0.5) is 5.69 Å². The Morgan fingerprint density at radius 3 is 2.95 bits per heavy atom. The number of hydrogen-bond donors (Lipinski definition) is 3. The van der Waals surface area contributed by atoms with Gasteiger partial charge in [0.15, 0.2) is 13.1 Å². The maximum absolute atomic E-state index is 12.0. The van der Waals surface area contributed by atoms with Crippen molar-refractivity contribution < 1.29 is 14.5 Å².